The first-order valence-electron chi connectivity index (χ1n) is 9.94. The molecule has 0 spiro atoms. The molecule has 0 atom stereocenters. The van der Waals surface area contributed by atoms with Crippen LogP contribution in [-0.4, -0.2) is 40.7 Å². The van der Waals surface area contributed by atoms with E-state index < -0.39 is 0 Å². The third kappa shape index (κ3) is 5.51. The number of nitriles is 1. The van der Waals surface area contributed by atoms with Crippen LogP contribution < -0.4 is 0 Å². The predicted octanol–water partition coefficient (Wildman–Crippen LogP) is 5.91. The van der Waals surface area contributed by atoms with Crippen LogP contribution in [0.5, 0.6) is 0 Å². The summed E-state index contributed by atoms with van der Waals surface area (Å²) >= 11 is 3.43. The minimum Gasteiger partial charge on any atom is -0.384 e. The number of rotatable bonds is 10. The van der Waals surface area contributed by atoms with Crippen molar-refractivity contribution in [2.45, 2.75) is 37.1 Å². The standard InChI is InChI=1S/C23H26N4OS2/c1-4-8-25-22-16(2)11-18(14-26-22)21-12-19(17-6-5-7-17)20(13-24)23(27-21)30-15-29-10-9-28-3/h4,8,11-12,14,17H,1,5-7,9-10,15H2,2-3H3/b25-8-. The Bertz CT molecular complexity index is 964. The van der Waals surface area contributed by atoms with Crippen LogP contribution in [0.25, 0.3) is 11.3 Å². The van der Waals surface area contributed by atoms with Gasteiger partial charge in [0.05, 0.1) is 17.9 Å². The zero-order valence-electron chi connectivity index (χ0n) is 17.4. The monoisotopic (exact) mass is 438 g/mol. The smallest absolute Gasteiger partial charge is 0.154 e. The molecule has 3 rings (SSSR count). The minimum absolute atomic E-state index is 0.451. The number of aromatic nitrogens is 2. The van der Waals surface area contributed by atoms with E-state index in [2.05, 4.69) is 34.8 Å². The van der Waals surface area contributed by atoms with Gasteiger partial charge >= 0.3 is 0 Å². The Kier molecular flexibility index (Phi) is 8.50. The van der Waals surface area contributed by atoms with E-state index in [-0.39, 0.29) is 0 Å². The molecule has 0 amide bonds. The van der Waals surface area contributed by atoms with Crippen molar-refractivity contribution in [2.75, 3.05) is 24.6 Å². The molecule has 1 fully saturated rings. The second kappa shape index (κ2) is 11.3. The molecular weight excluding hydrogens is 412 g/mol. The highest BCUT2D eigenvalue weighted by atomic mass is 32.2. The number of nitrogens with zero attached hydrogens (tertiary/aromatic N) is 4. The van der Waals surface area contributed by atoms with Gasteiger partial charge in [0, 0.05) is 35.9 Å². The predicted molar refractivity (Wildman–Crippen MR) is 127 cm³/mol. The Morgan fingerprint density at radius 3 is 2.87 bits per heavy atom. The van der Waals surface area contributed by atoms with Crippen molar-refractivity contribution in [3.05, 3.63) is 47.7 Å². The number of pyridine rings is 2. The molecule has 156 valence electrons. The molecule has 2 aromatic rings. The van der Waals surface area contributed by atoms with Crippen LogP contribution in [0.1, 0.15) is 41.9 Å². The van der Waals surface area contributed by atoms with Crippen molar-refractivity contribution < 1.29 is 4.74 Å². The van der Waals surface area contributed by atoms with Crippen molar-refractivity contribution in [1.82, 2.24) is 9.97 Å². The number of hydrogen-bond donors (Lipinski definition) is 0. The summed E-state index contributed by atoms with van der Waals surface area (Å²) in [5.74, 6) is 2.05. The Morgan fingerprint density at radius 2 is 2.23 bits per heavy atom. The molecule has 30 heavy (non-hydrogen) atoms. The fraction of sp³-hybridized carbons (Fsp3) is 0.391. The SMILES string of the molecule is C=C/C=N\c1ncc(-c2cc(C3CCC3)c(C#N)c(SCSCCOC)n2)cc1C. The Hall–Kier alpha value is -2.14. The summed E-state index contributed by atoms with van der Waals surface area (Å²) in [4.78, 5) is 13.7. The highest BCUT2D eigenvalue weighted by Crippen LogP contribution is 2.42. The molecule has 0 radical (unpaired) electrons. The molecule has 0 bridgehead atoms. The molecule has 0 N–H and O–H groups in total. The topological polar surface area (TPSA) is 71.2 Å². The van der Waals surface area contributed by atoms with Crippen molar-refractivity contribution in [2.24, 2.45) is 4.99 Å². The van der Waals surface area contributed by atoms with Crippen LogP contribution in [0.4, 0.5) is 5.82 Å². The Morgan fingerprint density at radius 1 is 1.40 bits per heavy atom. The molecule has 1 aliphatic rings. The van der Waals surface area contributed by atoms with Crippen molar-refractivity contribution in [1.29, 1.82) is 5.26 Å². The van der Waals surface area contributed by atoms with Crippen molar-refractivity contribution >= 4 is 35.6 Å². The van der Waals surface area contributed by atoms with Gasteiger partial charge in [0.15, 0.2) is 5.82 Å². The van der Waals surface area contributed by atoms with Gasteiger partial charge in [-0.2, -0.15) is 5.26 Å². The Labute approximate surface area is 187 Å². The zero-order chi connectivity index (χ0) is 21.3. The molecule has 0 saturated heterocycles. The van der Waals surface area contributed by atoms with Crippen molar-refractivity contribution in [3.8, 4) is 17.3 Å². The molecule has 7 heteroatoms. The molecular formula is C23H26N4OS2. The fourth-order valence-corrected chi connectivity index (χ4v) is 5.22. The summed E-state index contributed by atoms with van der Waals surface area (Å²) in [5, 5.41) is 11.5. The van der Waals surface area contributed by atoms with Crippen LogP contribution in [0.2, 0.25) is 0 Å². The summed E-state index contributed by atoms with van der Waals surface area (Å²) in [7, 11) is 1.71. The van der Waals surface area contributed by atoms with Gasteiger partial charge in [-0.25, -0.2) is 15.0 Å². The van der Waals surface area contributed by atoms with Gasteiger partial charge in [0.25, 0.3) is 0 Å². The molecule has 0 unspecified atom stereocenters. The third-order valence-corrected chi connectivity index (χ3v) is 7.20. The van der Waals surface area contributed by atoms with Gasteiger partial charge in [0.2, 0.25) is 0 Å². The second-order valence-electron chi connectivity index (χ2n) is 7.06. The van der Waals surface area contributed by atoms with E-state index in [0.717, 1.165) is 63.3 Å². The van der Waals surface area contributed by atoms with E-state index >= 15 is 0 Å². The number of hydrogen-bond acceptors (Lipinski definition) is 7. The van der Waals surface area contributed by atoms with Crippen LogP contribution >= 0.6 is 23.5 Å². The number of allylic oxidation sites excluding steroid dienone is 1. The van der Waals surface area contributed by atoms with E-state index in [9.17, 15) is 5.26 Å². The molecule has 0 aromatic carbocycles. The van der Waals surface area contributed by atoms with E-state index in [1.807, 2.05) is 13.1 Å². The average molecular weight is 439 g/mol. The van der Waals surface area contributed by atoms with E-state index in [1.165, 1.54) is 6.42 Å². The number of methoxy groups -OCH3 is 1. The second-order valence-corrected chi connectivity index (χ2v) is 9.49. The average Bonchev–Trinajstić information content (AvgIpc) is 2.71. The van der Waals surface area contributed by atoms with E-state index in [4.69, 9.17) is 9.72 Å². The maximum atomic E-state index is 9.87. The van der Waals surface area contributed by atoms with Crippen LogP contribution in [0.3, 0.4) is 0 Å². The van der Waals surface area contributed by atoms with Crippen LogP contribution in [0.15, 0.2) is 41.0 Å². The lowest BCUT2D eigenvalue weighted by Crippen LogP contribution is -2.12. The van der Waals surface area contributed by atoms with Gasteiger partial charge in [-0.05, 0) is 48.9 Å². The molecule has 2 aromatic heterocycles. The molecule has 1 saturated carbocycles. The molecule has 0 aliphatic heterocycles. The highest BCUT2D eigenvalue weighted by Gasteiger charge is 2.26. The number of ether oxygens (including phenoxy) is 1. The highest BCUT2D eigenvalue weighted by molar-refractivity contribution is 8.16. The van der Waals surface area contributed by atoms with Gasteiger partial charge in [-0.15, -0.1) is 11.8 Å². The number of thioether (sulfide) groups is 2. The first-order valence-corrected chi connectivity index (χ1v) is 12.1. The largest absolute Gasteiger partial charge is 0.384 e. The van der Waals surface area contributed by atoms with Gasteiger partial charge in [0.1, 0.15) is 11.1 Å². The zero-order valence-corrected chi connectivity index (χ0v) is 19.1. The number of aryl methyl sites for hydroxylation is 1. The van der Waals surface area contributed by atoms with Gasteiger partial charge in [-0.1, -0.05) is 30.8 Å². The molecule has 1 aliphatic carbocycles. The lowest BCUT2D eigenvalue weighted by atomic mass is 9.78. The van der Waals surface area contributed by atoms with Crippen LogP contribution in [-0.2, 0) is 4.74 Å². The quantitative estimate of drug-likeness (QED) is 0.199. The fourth-order valence-electron chi connectivity index (χ4n) is 3.21. The third-order valence-electron chi connectivity index (χ3n) is 5.03. The lowest BCUT2D eigenvalue weighted by molar-refractivity contribution is 0.219. The van der Waals surface area contributed by atoms with Crippen molar-refractivity contribution in [3.63, 3.8) is 0 Å². The van der Waals surface area contributed by atoms with E-state index in [0.29, 0.717) is 11.7 Å². The summed E-state index contributed by atoms with van der Waals surface area (Å²) in [5.41, 5.74) is 4.66. The normalized spacial score (nSPS) is 13.9. The minimum atomic E-state index is 0.451. The maximum absolute atomic E-state index is 9.87. The first kappa shape index (κ1) is 22.5. The summed E-state index contributed by atoms with van der Waals surface area (Å²) in [6.07, 6.45) is 8.58. The summed E-state index contributed by atoms with van der Waals surface area (Å²) in [6, 6.07) is 6.58. The molecule has 5 nitrogen and oxygen atoms in total. The van der Waals surface area contributed by atoms with E-state index in [1.54, 1.807) is 42.9 Å². The maximum Gasteiger partial charge on any atom is 0.154 e. The molecule has 2 heterocycles. The van der Waals surface area contributed by atoms with Gasteiger partial charge in [-0.3, -0.25) is 0 Å². The lowest BCUT2D eigenvalue weighted by Gasteiger charge is -2.27. The van der Waals surface area contributed by atoms with Gasteiger partial charge < -0.3 is 4.74 Å². The van der Waals surface area contributed by atoms with Crippen LogP contribution in [0, 0.1) is 18.3 Å². The Balaban J connectivity index is 1.94. The summed E-state index contributed by atoms with van der Waals surface area (Å²) in [6.45, 7) is 6.37. The first-order chi connectivity index (χ1) is 14.7. The number of aliphatic imine (C=N–C) groups is 1. The summed E-state index contributed by atoms with van der Waals surface area (Å²) < 4.78 is 5.11.